The van der Waals surface area contributed by atoms with Gasteiger partial charge >= 0.3 is 5.97 Å². The molecule has 2 heterocycles. The average molecular weight is 440 g/mol. The molecule has 0 atom stereocenters. The van der Waals surface area contributed by atoms with Gasteiger partial charge in [-0.15, -0.1) is 0 Å². The zero-order valence-electron chi connectivity index (χ0n) is 19.0. The van der Waals surface area contributed by atoms with E-state index >= 15 is 0 Å². The zero-order valence-corrected chi connectivity index (χ0v) is 19.0. The zero-order chi connectivity index (χ0) is 22.6. The number of fused-ring (bicyclic) bond motifs is 2. The molecule has 1 fully saturated rings. The Hall–Kier alpha value is -3.44. The molecule has 2 aliphatic rings. The molecule has 0 unspecified atom stereocenters. The molecule has 5 rings (SSSR count). The fourth-order valence-corrected chi connectivity index (χ4v) is 4.67. The summed E-state index contributed by atoms with van der Waals surface area (Å²) < 4.78 is 5.15. The van der Waals surface area contributed by atoms with Gasteiger partial charge in [-0.3, -0.25) is 4.90 Å². The monoisotopic (exact) mass is 439 g/mol. The summed E-state index contributed by atoms with van der Waals surface area (Å²) in [4.78, 5) is 22.1. The lowest BCUT2D eigenvalue weighted by Crippen LogP contribution is -2.48. The third-order valence-electron chi connectivity index (χ3n) is 6.37. The number of benzene rings is 3. The van der Waals surface area contributed by atoms with Gasteiger partial charge < -0.3 is 9.64 Å². The molecular weight excluding hydrogens is 410 g/mol. The summed E-state index contributed by atoms with van der Waals surface area (Å²) in [5.41, 5.74) is 6.68. The number of esters is 1. The minimum absolute atomic E-state index is 0.255. The Morgan fingerprint density at radius 1 is 0.909 bits per heavy atom. The number of piperazine rings is 1. The van der Waals surface area contributed by atoms with E-state index in [4.69, 9.17) is 9.73 Å². The van der Waals surface area contributed by atoms with Gasteiger partial charge in [-0.25, -0.2) is 9.79 Å². The highest BCUT2D eigenvalue weighted by Crippen LogP contribution is 2.30. The number of aliphatic imine (C=N–C) groups is 1. The number of ether oxygens (including phenoxy) is 1. The lowest BCUT2D eigenvalue weighted by atomic mass is 9.99. The van der Waals surface area contributed by atoms with Gasteiger partial charge in [0.05, 0.1) is 17.9 Å². The highest BCUT2D eigenvalue weighted by Gasteiger charge is 2.25. The van der Waals surface area contributed by atoms with E-state index in [0.717, 1.165) is 56.2 Å². The predicted octanol–water partition coefficient (Wildman–Crippen LogP) is 4.66. The largest absolute Gasteiger partial charge is 0.462 e. The first-order valence-corrected chi connectivity index (χ1v) is 11.7. The van der Waals surface area contributed by atoms with E-state index in [0.29, 0.717) is 12.2 Å². The second-order valence-electron chi connectivity index (χ2n) is 8.58. The predicted molar refractivity (Wildman–Crippen MR) is 131 cm³/mol. The molecule has 3 aromatic carbocycles. The average Bonchev–Trinajstić information content (AvgIpc) is 3.02. The normalized spacial score (nSPS) is 15.8. The molecule has 0 bridgehead atoms. The molecule has 0 saturated carbocycles. The van der Waals surface area contributed by atoms with Gasteiger partial charge in [0.25, 0.3) is 0 Å². The first-order valence-electron chi connectivity index (χ1n) is 11.7. The Kier molecular flexibility index (Phi) is 6.22. The highest BCUT2D eigenvalue weighted by atomic mass is 16.5. The van der Waals surface area contributed by atoms with Crippen molar-refractivity contribution in [1.29, 1.82) is 0 Å². The quantitative estimate of drug-likeness (QED) is 0.555. The van der Waals surface area contributed by atoms with Crippen molar-refractivity contribution in [2.75, 3.05) is 32.8 Å². The van der Waals surface area contributed by atoms with Crippen LogP contribution in [-0.4, -0.2) is 54.4 Å². The Labute approximate surface area is 195 Å². The number of para-hydroxylation sites is 1. The smallest absolute Gasteiger partial charge is 0.338 e. The molecule has 33 heavy (non-hydrogen) atoms. The first-order chi connectivity index (χ1) is 16.2. The highest BCUT2D eigenvalue weighted by molar-refractivity contribution is 6.02. The van der Waals surface area contributed by atoms with Crippen molar-refractivity contribution >= 4 is 17.5 Å². The minimum atomic E-state index is -0.255. The van der Waals surface area contributed by atoms with Gasteiger partial charge in [0, 0.05) is 44.7 Å². The fourth-order valence-electron chi connectivity index (χ4n) is 4.67. The second kappa shape index (κ2) is 9.59. The molecule has 0 aliphatic carbocycles. The van der Waals surface area contributed by atoms with Crippen LogP contribution in [0, 0.1) is 0 Å². The maximum absolute atomic E-state index is 12.1. The Balaban J connectivity index is 1.31. The molecule has 2 aliphatic heterocycles. The third kappa shape index (κ3) is 4.69. The van der Waals surface area contributed by atoms with Crippen molar-refractivity contribution in [2.45, 2.75) is 19.9 Å². The van der Waals surface area contributed by atoms with Crippen molar-refractivity contribution in [3.8, 4) is 0 Å². The summed E-state index contributed by atoms with van der Waals surface area (Å²) >= 11 is 0. The van der Waals surface area contributed by atoms with Crippen molar-refractivity contribution in [3.05, 3.63) is 101 Å². The van der Waals surface area contributed by atoms with Crippen LogP contribution < -0.4 is 0 Å². The molecule has 1 saturated heterocycles. The standard InChI is InChI=1S/C28H29N3O2/c1-2-33-28(32)24-11-7-8-21(18-24)20-30-14-16-31(17-15-30)27-25-12-5-3-9-22(25)19-23-10-4-6-13-26(23)29-27/h3-13,18H,2,14-17,19-20H2,1H3. The summed E-state index contributed by atoms with van der Waals surface area (Å²) in [6.45, 7) is 6.80. The molecule has 0 N–H and O–H groups in total. The number of amidine groups is 1. The Bertz CT molecular complexity index is 1180. The van der Waals surface area contributed by atoms with Crippen molar-refractivity contribution < 1.29 is 9.53 Å². The van der Waals surface area contributed by atoms with Crippen LogP contribution in [0.3, 0.4) is 0 Å². The third-order valence-corrected chi connectivity index (χ3v) is 6.37. The lowest BCUT2D eigenvalue weighted by Gasteiger charge is -2.37. The topological polar surface area (TPSA) is 45.1 Å². The van der Waals surface area contributed by atoms with Gasteiger partial charge in [0.2, 0.25) is 0 Å². The fraction of sp³-hybridized carbons (Fsp3) is 0.286. The van der Waals surface area contributed by atoms with Gasteiger partial charge in [-0.05, 0) is 41.8 Å². The number of hydrogen-bond donors (Lipinski definition) is 0. The van der Waals surface area contributed by atoms with Gasteiger partial charge in [0.15, 0.2) is 0 Å². The van der Waals surface area contributed by atoms with E-state index in [1.54, 1.807) is 0 Å². The van der Waals surface area contributed by atoms with E-state index in [2.05, 4.69) is 64.4 Å². The summed E-state index contributed by atoms with van der Waals surface area (Å²) in [5.74, 6) is 0.828. The molecule has 5 nitrogen and oxygen atoms in total. The van der Waals surface area contributed by atoms with Crippen LogP contribution in [0.1, 0.15) is 39.5 Å². The number of rotatable bonds is 4. The molecule has 168 valence electrons. The SMILES string of the molecule is CCOC(=O)c1cccc(CN2CCN(C3=Nc4ccccc4Cc4ccccc43)CC2)c1. The van der Waals surface area contributed by atoms with E-state index < -0.39 is 0 Å². The lowest BCUT2D eigenvalue weighted by molar-refractivity contribution is 0.0526. The molecule has 5 heteroatoms. The molecule has 0 radical (unpaired) electrons. The number of carbonyl (C=O) groups excluding carboxylic acids is 1. The van der Waals surface area contributed by atoms with Crippen LogP contribution in [0.4, 0.5) is 5.69 Å². The Morgan fingerprint density at radius 2 is 1.67 bits per heavy atom. The van der Waals surface area contributed by atoms with Crippen LogP contribution in [0.15, 0.2) is 77.8 Å². The number of carbonyl (C=O) groups is 1. The minimum Gasteiger partial charge on any atom is -0.462 e. The van der Waals surface area contributed by atoms with Crippen LogP contribution in [0.5, 0.6) is 0 Å². The summed E-state index contributed by atoms with van der Waals surface area (Å²) in [6, 6.07) is 24.9. The van der Waals surface area contributed by atoms with Gasteiger partial charge in [0.1, 0.15) is 5.84 Å². The van der Waals surface area contributed by atoms with Crippen molar-refractivity contribution in [2.24, 2.45) is 4.99 Å². The molecular formula is C28H29N3O2. The van der Waals surface area contributed by atoms with E-state index in [-0.39, 0.29) is 5.97 Å². The maximum atomic E-state index is 12.1. The van der Waals surface area contributed by atoms with Crippen molar-refractivity contribution in [1.82, 2.24) is 9.80 Å². The molecule has 0 aromatic heterocycles. The van der Waals surface area contributed by atoms with Crippen molar-refractivity contribution in [3.63, 3.8) is 0 Å². The van der Waals surface area contributed by atoms with Crippen LogP contribution in [0.2, 0.25) is 0 Å². The summed E-state index contributed by atoms with van der Waals surface area (Å²) in [7, 11) is 0. The second-order valence-corrected chi connectivity index (χ2v) is 8.58. The van der Waals surface area contributed by atoms with Gasteiger partial charge in [-0.1, -0.05) is 54.6 Å². The van der Waals surface area contributed by atoms with E-state index in [1.807, 2.05) is 25.1 Å². The molecule has 3 aromatic rings. The van der Waals surface area contributed by atoms with Crippen LogP contribution >= 0.6 is 0 Å². The summed E-state index contributed by atoms with van der Waals surface area (Å²) in [6.07, 6.45) is 0.913. The maximum Gasteiger partial charge on any atom is 0.338 e. The number of nitrogens with zero attached hydrogens (tertiary/aromatic N) is 3. The van der Waals surface area contributed by atoms with Crippen LogP contribution in [-0.2, 0) is 17.7 Å². The molecule has 0 amide bonds. The van der Waals surface area contributed by atoms with Gasteiger partial charge in [-0.2, -0.15) is 0 Å². The Morgan fingerprint density at radius 3 is 2.48 bits per heavy atom. The number of hydrogen-bond acceptors (Lipinski definition) is 5. The van der Waals surface area contributed by atoms with Crippen LogP contribution in [0.25, 0.3) is 0 Å². The molecule has 0 spiro atoms. The summed E-state index contributed by atoms with van der Waals surface area (Å²) in [5, 5.41) is 0. The first kappa shape index (κ1) is 21.4. The van der Waals surface area contributed by atoms with E-state index in [1.165, 1.54) is 16.7 Å². The van der Waals surface area contributed by atoms with E-state index in [9.17, 15) is 4.79 Å².